The van der Waals surface area contributed by atoms with E-state index in [1.165, 1.54) is 21.5 Å². The number of aliphatic hydroxyl groups is 1. The molecule has 0 aliphatic carbocycles. The number of rotatable bonds is 8. The van der Waals surface area contributed by atoms with E-state index in [9.17, 15) is 5.11 Å². The zero-order chi connectivity index (χ0) is 27.3. The fourth-order valence-electron chi connectivity index (χ4n) is 5.75. The van der Waals surface area contributed by atoms with Crippen LogP contribution in [-0.2, 0) is 11.8 Å². The molecule has 0 amide bonds. The normalized spacial score (nSPS) is 11.4. The summed E-state index contributed by atoms with van der Waals surface area (Å²) in [6.07, 6.45) is 0.889. The summed E-state index contributed by atoms with van der Waals surface area (Å²) in [5, 5.41) is 16.4. The van der Waals surface area contributed by atoms with Gasteiger partial charge in [-0.25, -0.2) is 0 Å². The molecule has 0 aliphatic heterocycles. The molecular formula is C38H32BrOP. The van der Waals surface area contributed by atoms with E-state index in [1.54, 1.807) is 0 Å². The van der Waals surface area contributed by atoms with Crippen LogP contribution < -0.4 is 32.9 Å². The quantitative estimate of drug-likeness (QED) is 0.198. The summed E-state index contributed by atoms with van der Waals surface area (Å²) in [6, 6.07) is 61.4. The molecule has 0 atom stereocenters. The van der Waals surface area contributed by atoms with Gasteiger partial charge in [-0.15, -0.1) is 0 Å². The second-order valence-electron chi connectivity index (χ2n) is 10.1. The maximum absolute atomic E-state index is 12.3. The van der Waals surface area contributed by atoms with Crippen molar-refractivity contribution in [1.82, 2.24) is 0 Å². The lowest BCUT2D eigenvalue weighted by atomic mass is 9.80. The molecule has 41 heavy (non-hydrogen) atoms. The third-order valence-corrected chi connectivity index (χ3v) is 12.1. The predicted octanol–water partition coefficient (Wildman–Crippen LogP) is 4.47. The first-order valence-corrected chi connectivity index (χ1v) is 15.7. The minimum absolute atomic E-state index is 0. The number of hydrogen-bond acceptors (Lipinski definition) is 1. The van der Waals surface area contributed by atoms with E-state index in [0.29, 0.717) is 0 Å². The molecular weight excluding hydrogens is 583 g/mol. The molecule has 0 bridgehead atoms. The van der Waals surface area contributed by atoms with E-state index in [1.807, 2.05) is 60.7 Å². The maximum atomic E-state index is 12.3. The van der Waals surface area contributed by atoms with Gasteiger partial charge in [0.2, 0.25) is 0 Å². The van der Waals surface area contributed by atoms with Gasteiger partial charge in [-0.05, 0) is 58.7 Å². The molecule has 0 aliphatic rings. The van der Waals surface area contributed by atoms with Crippen molar-refractivity contribution in [2.75, 3.05) is 0 Å². The van der Waals surface area contributed by atoms with E-state index < -0.39 is 12.9 Å². The zero-order valence-corrected chi connectivity index (χ0v) is 25.2. The minimum Gasteiger partial charge on any atom is -1.00 e. The largest absolute Gasteiger partial charge is 1.00 e. The average Bonchev–Trinajstić information content (AvgIpc) is 3.05. The van der Waals surface area contributed by atoms with Crippen molar-refractivity contribution in [3.8, 4) is 0 Å². The van der Waals surface area contributed by atoms with Crippen molar-refractivity contribution in [3.05, 3.63) is 198 Å². The first kappa shape index (κ1) is 28.7. The van der Waals surface area contributed by atoms with Crippen LogP contribution in [0.15, 0.2) is 176 Å². The maximum Gasteiger partial charge on any atom is 0.140 e. The molecule has 202 valence electrons. The van der Waals surface area contributed by atoms with Gasteiger partial charge in [0, 0.05) is 0 Å². The van der Waals surface area contributed by atoms with Gasteiger partial charge in [0.15, 0.2) is 0 Å². The molecule has 0 spiro atoms. The smallest absolute Gasteiger partial charge is 0.140 e. The van der Waals surface area contributed by atoms with Crippen LogP contribution in [0, 0.1) is 0 Å². The fourth-order valence-corrected chi connectivity index (χ4v) is 10.00. The van der Waals surface area contributed by atoms with Crippen LogP contribution in [0.4, 0.5) is 0 Å². The molecule has 6 aromatic carbocycles. The van der Waals surface area contributed by atoms with E-state index in [0.717, 1.165) is 22.9 Å². The first-order chi connectivity index (χ1) is 19.7. The van der Waals surface area contributed by atoms with Gasteiger partial charge in [-0.1, -0.05) is 140 Å². The summed E-state index contributed by atoms with van der Waals surface area (Å²) >= 11 is 0. The molecule has 0 unspecified atom stereocenters. The Hall–Kier alpha value is -3.81. The summed E-state index contributed by atoms with van der Waals surface area (Å²) in [7, 11) is -2.01. The van der Waals surface area contributed by atoms with Crippen LogP contribution in [0.2, 0.25) is 0 Å². The van der Waals surface area contributed by atoms with Crippen molar-refractivity contribution >= 4 is 23.2 Å². The van der Waals surface area contributed by atoms with Crippen molar-refractivity contribution in [3.63, 3.8) is 0 Å². The monoisotopic (exact) mass is 614 g/mol. The SMILES string of the molecule is OC(c1ccccc1)(c1ccccc1)c1ccc(C[P+](c2ccccc2)(c2ccccc2)c2ccccc2)cc1.[Br-]. The molecule has 0 radical (unpaired) electrons. The molecule has 6 aromatic rings. The zero-order valence-electron chi connectivity index (χ0n) is 22.7. The van der Waals surface area contributed by atoms with Gasteiger partial charge in [0.05, 0.1) is 6.16 Å². The van der Waals surface area contributed by atoms with Crippen LogP contribution in [0.5, 0.6) is 0 Å². The topological polar surface area (TPSA) is 20.2 Å². The number of hydrogen-bond donors (Lipinski definition) is 1. The van der Waals surface area contributed by atoms with E-state index in [2.05, 4.69) is 115 Å². The standard InChI is InChI=1S/C38H32OP.BrH/c39-38(32-16-6-1-7-17-32,33-18-8-2-9-19-33)34-28-26-31(27-29-34)30-40(35-20-10-3-11-21-35,36-22-12-4-13-23-36)37-24-14-5-15-25-37;/h1-29,39H,30H2;1H/q+1;/p-1. The van der Waals surface area contributed by atoms with Gasteiger partial charge in [-0.3, -0.25) is 0 Å². The molecule has 0 saturated heterocycles. The van der Waals surface area contributed by atoms with E-state index in [-0.39, 0.29) is 17.0 Å². The molecule has 1 N–H and O–H groups in total. The summed E-state index contributed by atoms with van der Waals surface area (Å²) in [4.78, 5) is 0. The summed E-state index contributed by atoms with van der Waals surface area (Å²) < 4.78 is 0. The Bertz CT molecular complexity index is 1500. The highest BCUT2D eigenvalue weighted by atomic mass is 79.9. The Morgan fingerprint density at radius 3 is 1.02 bits per heavy atom. The van der Waals surface area contributed by atoms with Crippen LogP contribution in [0.25, 0.3) is 0 Å². The second-order valence-corrected chi connectivity index (χ2v) is 13.6. The van der Waals surface area contributed by atoms with Crippen molar-refractivity contribution in [1.29, 1.82) is 0 Å². The molecule has 0 fully saturated rings. The lowest BCUT2D eigenvalue weighted by Gasteiger charge is -2.31. The summed E-state index contributed by atoms with van der Waals surface area (Å²) in [5.41, 5.74) is 2.57. The van der Waals surface area contributed by atoms with Crippen LogP contribution in [-0.4, -0.2) is 5.11 Å². The molecule has 0 aromatic heterocycles. The number of halogens is 1. The highest BCUT2D eigenvalue weighted by Crippen LogP contribution is 2.58. The number of benzene rings is 6. The minimum atomic E-state index is -2.01. The Labute approximate surface area is 254 Å². The Balaban J connectivity index is 0.00000337. The summed E-state index contributed by atoms with van der Waals surface area (Å²) in [5.74, 6) is 0. The fraction of sp³-hybridized carbons (Fsp3) is 0.0526. The molecule has 3 heteroatoms. The van der Waals surface area contributed by atoms with Crippen LogP contribution in [0.3, 0.4) is 0 Å². The van der Waals surface area contributed by atoms with Gasteiger partial charge in [0.1, 0.15) is 28.8 Å². The predicted molar refractivity (Wildman–Crippen MR) is 170 cm³/mol. The second kappa shape index (κ2) is 12.8. The molecule has 0 heterocycles. The van der Waals surface area contributed by atoms with Gasteiger partial charge >= 0.3 is 0 Å². The molecule has 1 nitrogen and oxygen atoms in total. The Morgan fingerprint density at radius 1 is 0.390 bits per heavy atom. The highest BCUT2D eigenvalue weighted by Gasteiger charge is 2.45. The third-order valence-electron chi connectivity index (χ3n) is 7.77. The van der Waals surface area contributed by atoms with Gasteiger partial charge < -0.3 is 22.1 Å². The lowest BCUT2D eigenvalue weighted by molar-refractivity contribution is -0.0000101. The van der Waals surface area contributed by atoms with E-state index in [4.69, 9.17) is 0 Å². The average molecular weight is 616 g/mol. The summed E-state index contributed by atoms with van der Waals surface area (Å²) in [6.45, 7) is 0. The molecule has 0 saturated carbocycles. The van der Waals surface area contributed by atoms with Gasteiger partial charge in [0.25, 0.3) is 0 Å². The van der Waals surface area contributed by atoms with Crippen LogP contribution in [0.1, 0.15) is 22.3 Å². The first-order valence-electron chi connectivity index (χ1n) is 13.7. The Kier molecular flexibility index (Phi) is 8.96. The van der Waals surface area contributed by atoms with E-state index >= 15 is 0 Å². The highest BCUT2D eigenvalue weighted by molar-refractivity contribution is 7.95. The lowest BCUT2D eigenvalue weighted by Crippen LogP contribution is -3.00. The molecule has 6 rings (SSSR count). The van der Waals surface area contributed by atoms with Crippen LogP contribution >= 0.6 is 7.26 Å². The van der Waals surface area contributed by atoms with Gasteiger partial charge in [-0.2, -0.15) is 0 Å². The Morgan fingerprint density at radius 2 is 0.683 bits per heavy atom. The third kappa shape index (κ3) is 5.56. The van der Waals surface area contributed by atoms with Crippen molar-refractivity contribution in [2.24, 2.45) is 0 Å². The van der Waals surface area contributed by atoms with Crippen molar-refractivity contribution in [2.45, 2.75) is 11.8 Å². The van der Waals surface area contributed by atoms with Crippen molar-refractivity contribution < 1.29 is 22.1 Å².